The van der Waals surface area contributed by atoms with Crippen molar-refractivity contribution in [3.8, 4) is 0 Å². The van der Waals surface area contributed by atoms with E-state index in [1.165, 1.54) is 0 Å². The molecule has 1 saturated heterocycles. The molecule has 0 unspecified atom stereocenters. The first-order valence-corrected chi connectivity index (χ1v) is 6.78. The molecule has 1 saturated carbocycles. The van der Waals surface area contributed by atoms with Crippen molar-refractivity contribution < 1.29 is 9.59 Å². The van der Waals surface area contributed by atoms with Gasteiger partial charge in [-0.3, -0.25) is 4.79 Å². The Morgan fingerprint density at radius 2 is 2.22 bits per heavy atom. The molecule has 0 spiro atoms. The zero-order chi connectivity index (χ0) is 12.8. The fraction of sp³-hybridized carbons (Fsp3) is 0.833. The number of urea groups is 1. The van der Waals surface area contributed by atoms with Crippen LogP contribution in [0.2, 0.25) is 0 Å². The van der Waals surface area contributed by atoms with E-state index in [1.807, 2.05) is 0 Å². The maximum atomic E-state index is 11.4. The molecule has 102 valence electrons. The normalized spacial score (nSPS) is 18.9. The maximum Gasteiger partial charge on any atom is 0.317 e. The molecule has 6 heteroatoms. The van der Waals surface area contributed by atoms with E-state index in [2.05, 4.69) is 16.0 Å². The molecule has 0 aromatic heterocycles. The number of nitrogens with zero attached hydrogens (tertiary/aromatic N) is 1. The van der Waals surface area contributed by atoms with Gasteiger partial charge in [-0.1, -0.05) is 0 Å². The van der Waals surface area contributed by atoms with Crippen LogP contribution in [0.5, 0.6) is 0 Å². The summed E-state index contributed by atoms with van der Waals surface area (Å²) in [5, 5.41) is 8.99. The Labute approximate surface area is 107 Å². The minimum absolute atomic E-state index is 0.0283. The Balaban J connectivity index is 1.41. The van der Waals surface area contributed by atoms with Crippen LogP contribution in [-0.2, 0) is 4.79 Å². The topological polar surface area (TPSA) is 73.5 Å². The molecule has 2 aliphatic rings. The summed E-state index contributed by atoms with van der Waals surface area (Å²) in [5.74, 6) is 0.165. The van der Waals surface area contributed by atoms with E-state index in [1.54, 1.807) is 4.90 Å². The summed E-state index contributed by atoms with van der Waals surface area (Å²) in [6.45, 7) is 3.90. The van der Waals surface area contributed by atoms with E-state index < -0.39 is 0 Å². The van der Waals surface area contributed by atoms with Gasteiger partial charge in [0.1, 0.15) is 0 Å². The highest BCUT2D eigenvalue weighted by molar-refractivity contribution is 5.76. The number of nitrogens with one attached hydrogen (secondary N) is 3. The lowest BCUT2D eigenvalue weighted by Crippen LogP contribution is -2.35. The van der Waals surface area contributed by atoms with Crippen molar-refractivity contribution >= 4 is 11.9 Å². The van der Waals surface area contributed by atoms with Crippen LogP contribution >= 0.6 is 0 Å². The first-order valence-electron chi connectivity index (χ1n) is 6.78. The number of amides is 3. The molecule has 0 atom stereocenters. The second-order valence-corrected chi connectivity index (χ2v) is 4.91. The first-order chi connectivity index (χ1) is 8.75. The van der Waals surface area contributed by atoms with E-state index in [0.29, 0.717) is 12.5 Å². The minimum atomic E-state index is 0.0283. The molecule has 1 aliphatic carbocycles. The van der Waals surface area contributed by atoms with Crippen LogP contribution in [0, 0.1) is 0 Å². The molecule has 1 aliphatic heterocycles. The molecule has 18 heavy (non-hydrogen) atoms. The molecule has 0 aromatic carbocycles. The Hall–Kier alpha value is -1.30. The van der Waals surface area contributed by atoms with Crippen molar-refractivity contribution in [3.05, 3.63) is 0 Å². The molecule has 1 heterocycles. The van der Waals surface area contributed by atoms with Gasteiger partial charge < -0.3 is 20.9 Å². The van der Waals surface area contributed by atoms with Gasteiger partial charge in [-0.05, 0) is 25.8 Å². The predicted octanol–water partition coefficient (Wildman–Crippen LogP) is -0.340. The molecule has 3 amide bonds. The second kappa shape index (κ2) is 6.58. The summed E-state index contributed by atoms with van der Waals surface area (Å²) in [4.78, 5) is 24.4. The molecular weight excluding hydrogens is 232 g/mol. The van der Waals surface area contributed by atoms with Crippen LogP contribution in [0.25, 0.3) is 0 Å². The van der Waals surface area contributed by atoms with Crippen molar-refractivity contribution in [1.82, 2.24) is 20.9 Å². The second-order valence-electron chi connectivity index (χ2n) is 4.91. The van der Waals surface area contributed by atoms with Gasteiger partial charge >= 0.3 is 6.03 Å². The lowest BCUT2D eigenvalue weighted by atomic mass is 10.3. The highest BCUT2D eigenvalue weighted by Gasteiger charge is 2.22. The van der Waals surface area contributed by atoms with E-state index in [-0.39, 0.29) is 11.9 Å². The highest BCUT2D eigenvalue weighted by Crippen LogP contribution is 2.18. The van der Waals surface area contributed by atoms with Gasteiger partial charge in [0.2, 0.25) is 5.91 Å². The Morgan fingerprint density at radius 1 is 1.39 bits per heavy atom. The third-order valence-electron chi connectivity index (χ3n) is 3.20. The van der Waals surface area contributed by atoms with Gasteiger partial charge in [0.25, 0.3) is 0 Å². The third-order valence-corrected chi connectivity index (χ3v) is 3.20. The van der Waals surface area contributed by atoms with E-state index in [4.69, 9.17) is 0 Å². The molecule has 2 rings (SSSR count). The van der Waals surface area contributed by atoms with Crippen LogP contribution in [-0.4, -0.2) is 55.6 Å². The van der Waals surface area contributed by atoms with E-state index in [9.17, 15) is 9.59 Å². The predicted molar refractivity (Wildman–Crippen MR) is 68.2 cm³/mol. The summed E-state index contributed by atoms with van der Waals surface area (Å²) >= 11 is 0. The summed E-state index contributed by atoms with van der Waals surface area (Å²) in [6.07, 6.45) is 3.72. The lowest BCUT2D eigenvalue weighted by Gasteiger charge is -2.14. The number of hydrogen-bond acceptors (Lipinski definition) is 3. The van der Waals surface area contributed by atoms with Gasteiger partial charge in [-0.2, -0.15) is 0 Å². The average molecular weight is 254 g/mol. The molecular formula is C12H22N4O2. The number of rotatable bonds is 8. The lowest BCUT2D eigenvalue weighted by molar-refractivity contribution is -0.121. The first kappa shape index (κ1) is 13.1. The van der Waals surface area contributed by atoms with E-state index in [0.717, 1.165) is 52.0 Å². The van der Waals surface area contributed by atoms with Gasteiger partial charge in [0, 0.05) is 38.6 Å². The van der Waals surface area contributed by atoms with Gasteiger partial charge in [-0.25, -0.2) is 4.79 Å². The Kier molecular flexibility index (Phi) is 4.81. The summed E-state index contributed by atoms with van der Waals surface area (Å²) in [6, 6.07) is 0.486. The number of hydrogen-bond donors (Lipinski definition) is 3. The molecule has 3 N–H and O–H groups in total. The highest BCUT2D eigenvalue weighted by atomic mass is 16.2. The van der Waals surface area contributed by atoms with Gasteiger partial charge in [0.15, 0.2) is 0 Å². The smallest absolute Gasteiger partial charge is 0.317 e. The SMILES string of the molecule is O=C(CCCNCCN1CCNC1=O)NC1CC1. The van der Waals surface area contributed by atoms with E-state index >= 15 is 0 Å². The average Bonchev–Trinajstić information content (AvgIpc) is 3.06. The maximum absolute atomic E-state index is 11.4. The third kappa shape index (κ3) is 4.52. The van der Waals surface area contributed by atoms with Crippen molar-refractivity contribution in [1.29, 1.82) is 0 Å². The standard InChI is InChI=1S/C12H22N4O2/c17-11(15-10-3-4-10)2-1-5-13-6-8-16-9-7-14-12(16)18/h10,13H,1-9H2,(H,14,18)(H,15,17). The zero-order valence-electron chi connectivity index (χ0n) is 10.7. The fourth-order valence-electron chi connectivity index (χ4n) is 1.96. The van der Waals surface area contributed by atoms with Crippen molar-refractivity contribution in [3.63, 3.8) is 0 Å². The molecule has 0 radical (unpaired) electrons. The monoisotopic (exact) mass is 254 g/mol. The van der Waals surface area contributed by atoms with Crippen LogP contribution < -0.4 is 16.0 Å². The zero-order valence-corrected chi connectivity index (χ0v) is 10.7. The van der Waals surface area contributed by atoms with Crippen molar-refractivity contribution in [2.75, 3.05) is 32.7 Å². The molecule has 2 fully saturated rings. The summed E-state index contributed by atoms with van der Waals surface area (Å²) < 4.78 is 0. The molecule has 0 aromatic rings. The Bertz CT molecular complexity index is 304. The van der Waals surface area contributed by atoms with Gasteiger partial charge in [-0.15, -0.1) is 0 Å². The van der Waals surface area contributed by atoms with Crippen LogP contribution in [0.1, 0.15) is 25.7 Å². The van der Waals surface area contributed by atoms with Crippen molar-refractivity contribution in [2.24, 2.45) is 0 Å². The summed E-state index contributed by atoms with van der Waals surface area (Å²) in [5.41, 5.74) is 0. The Morgan fingerprint density at radius 3 is 2.89 bits per heavy atom. The van der Waals surface area contributed by atoms with Crippen LogP contribution in [0.15, 0.2) is 0 Å². The van der Waals surface area contributed by atoms with Gasteiger partial charge in [0.05, 0.1) is 0 Å². The number of carbonyl (C=O) groups is 2. The molecule has 6 nitrogen and oxygen atoms in total. The quantitative estimate of drug-likeness (QED) is 0.519. The summed E-state index contributed by atoms with van der Waals surface area (Å²) in [7, 11) is 0. The van der Waals surface area contributed by atoms with Crippen LogP contribution in [0.3, 0.4) is 0 Å². The minimum Gasteiger partial charge on any atom is -0.353 e. The number of carbonyl (C=O) groups excluding carboxylic acids is 2. The molecule has 0 bridgehead atoms. The van der Waals surface area contributed by atoms with Crippen molar-refractivity contribution in [2.45, 2.75) is 31.7 Å². The fourth-order valence-corrected chi connectivity index (χ4v) is 1.96. The van der Waals surface area contributed by atoms with Crippen LogP contribution in [0.4, 0.5) is 4.79 Å². The largest absolute Gasteiger partial charge is 0.353 e.